The highest BCUT2D eigenvalue weighted by Gasteiger charge is 1.98. The number of carbonyl (C=O) groups excluding carboxylic acids is 1. The molecule has 0 saturated heterocycles. The number of aryl methyl sites for hydroxylation is 1. The predicted molar refractivity (Wildman–Crippen MR) is 91.8 cm³/mol. The minimum absolute atomic E-state index is 0.183. The molecule has 0 heterocycles. The van der Waals surface area contributed by atoms with Gasteiger partial charge in [-0.1, -0.05) is 54.1 Å². The van der Waals surface area contributed by atoms with Crippen molar-refractivity contribution >= 4 is 23.9 Å². The van der Waals surface area contributed by atoms with Gasteiger partial charge in [-0.05, 0) is 30.7 Å². The molecular formula is C18H19N3O. The van der Waals surface area contributed by atoms with Crippen molar-refractivity contribution < 1.29 is 4.79 Å². The summed E-state index contributed by atoms with van der Waals surface area (Å²) >= 11 is 0. The van der Waals surface area contributed by atoms with Crippen LogP contribution in [0.25, 0.3) is 6.08 Å². The average molecular weight is 293 g/mol. The van der Waals surface area contributed by atoms with E-state index in [0.717, 1.165) is 11.3 Å². The van der Waals surface area contributed by atoms with E-state index in [-0.39, 0.29) is 12.5 Å². The first kappa shape index (κ1) is 15.5. The molecule has 4 heteroatoms. The number of allylic oxidation sites excluding steroid dienone is 1. The van der Waals surface area contributed by atoms with Gasteiger partial charge in [0.1, 0.15) is 0 Å². The van der Waals surface area contributed by atoms with E-state index in [1.807, 2.05) is 67.6 Å². The van der Waals surface area contributed by atoms with E-state index in [0.29, 0.717) is 0 Å². The zero-order valence-electron chi connectivity index (χ0n) is 12.5. The van der Waals surface area contributed by atoms with E-state index in [1.54, 1.807) is 12.3 Å². The molecule has 0 saturated carbocycles. The maximum Gasteiger partial charge on any atom is 0.259 e. The smallest absolute Gasteiger partial charge is 0.259 e. The van der Waals surface area contributed by atoms with Gasteiger partial charge in [0.25, 0.3) is 5.91 Å². The monoisotopic (exact) mass is 293 g/mol. The molecule has 0 aromatic heterocycles. The second-order valence-corrected chi connectivity index (χ2v) is 4.80. The number of carbonyl (C=O) groups is 1. The van der Waals surface area contributed by atoms with Crippen molar-refractivity contribution in [3.05, 3.63) is 71.8 Å². The maximum absolute atomic E-state index is 11.6. The molecular weight excluding hydrogens is 274 g/mol. The Bertz CT molecular complexity index is 646. The van der Waals surface area contributed by atoms with E-state index >= 15 is 0 Å². The van der Waals surface area contributed by atoms with E-state index < -0.39 is 0 Å². The lowest BCUT2D eigenvalue weighted by molar-refractivity contribution is -0.119. The second-order valence-electron chi connectivity index (χ2n) is 4.80. The minimum atomic E-state index is -0.190. The molecule has 2 N–H and O–H groups in total. The number of anilines is 1. The Morgan fingerprint density at radius 2 is 1.82 bits per heavy atom. The fraction of sp³-hybridized carbons (Fsp3) is 0.111. The molecule has 0 bridgehead atoms. The average Bonchev–Trinajstić information content (AvgIpc) is 2.55. The molecule has 2 aromatic carbocycles. The lowest BCUT2D eigenvalue weighted by Gasteiger charge is -2.05. The van der Waals surface area contributed by atoms with E-state index in [4.69, 9.17) is 0 Å². The highest BCUT2D eigenvalue weighted by molar-refractivity contribution is 5.83. The summed E-state index contributed by atoms with van der Waals surface area (Å²) in [4.78, 5) is 11.6. The van der Waals surface area contributed by atoms with Crippen LogP contribution in [-0.2, 0) is 4.79 Å². The second kappa shape index (κ2) is 8.42. The standard InChI is InChI=1S/C18H19N3O/c1-15-9-11-17(12-10-15)19-14-18(22)21-20-13-5-8-16-6-3-2-4-7-16/h2-13,19H,14H2,1H3,(H,21,22)/b8-5+,20-13-. The van der Waals surface area contributed by atoms with Crippen LogP contribution in [0, 0.1) is 6.92 Å². The van der Waals surface area contributed by atoms with Crippen LogP contribution in [0.1, 0.15) is 11.1 Å². The Balaban J connectivity index is 1.70. The summed E-state index contributed by atoms with van der Waals surface area (Å²) < 4.78 is 0. The third-order valence-electron chi connectivity index (χ3n) is 2.94. The van der Waals surface area contributed by atoms with Crippen molar-refractivity contribution in [2.24, 2.45) is 5.10 Å². The first-order valence-corrected chi connectivity index (χ1v) is 7.08. The lowest BCUT2D eigenvalue weighted by atomic mass is 10.2. The Hall–Kier alpha value is -2.88. The zero-order valence-corrected chi connectivity index (χ0v) is 12.5. The molecule has 2 rings (SSSR count). The highest BCUT2D eigenvalue weighted by atomic mass is 16.2. The molecule has 4 nitrogen and oxygen atoms in total. The number of nitrogens with one attached hydrogen (secondary N) is 2. The van der Waals surface area contributed by atoms with Crippen LogP contribution in [0.5, 0.6) is 0 Å². The largest absolute Gasteiger partial charge is 0.376 e. The maximum atomic E-state index is 11.6. The number of hydrogen-bond donors (Lipinski definition) is 2. The van der Waals surface area contributed by atoms with Crippen molar-refractivity contribution in [2.45, 2.75) is 6.92 Å². The number of hydrogen-bond acceptors (Lipinski definition) is 3. The van der Waals surface area contributed by atoms with Gasteiger partial charge in [0, 0.05) is 11.9 Å². The normalized spacial score (nSPS) is 11.0. The SMILES string of the molecule is Cc1ccc(NCC(=O)N/N=C\C=C\c2ccccc2)cc1. The molecule has 22 heavy (non-hydrogen) atoms. The van der Waals surface area contributed by atoms with Crippen molar-refractivity contribution in [1.29, 1.82) is 0 Å². The quantitative estimate of drug-likeness (QED) is 0.634. The van der Waals surface area contributed by atoms with Gasteiger partial charge in [-0.2, -0.15) is 5.10 Å². The van der Waals surface area contributed by atoms with Crippen LogP contribution >= 0.6 is 0 Å². The summed E-state index contributed by atoms with van der Waals surface area (Å²) in [6.45, 7) is 2.21. The van der Waals surface area contributed by atoms with Crippen LogP contribution in [-0.4, -0.2) is 18.7 Å². The van der Waals surface area contributed by atoms with Crippen molar-refractivity contribution in [3.8, 4) is 0 Å². The molecule has 112 valence electrons. The topological polar surface area (TPSA) is 53.5 Å². The summed E-state index contributed by atoms with van der Waals surface area (Å²) in [5.74, 6) is -0.190. The molecule has 0 aliphatic heterocycles. The van der Waals surface area contributed by atoms with Gasteiger partial charge in [-0.3, -0.25) is 4.79 Å². The molecule has 0 aliphatic carbocycles. The van der Waals surface area contributed by atoms with Crippen LogP contribution < -0.4 is 10.7 Å². The third kappa shape index (κ3) is 5.63. The van der Waals surface area contributed by atoms with Gasteiger partial charge >= 0.3 is 0 Å². The van der Waals surface area contributed by atoms with Crippen molar-refractivity contribution in [1.82, 2.24) is 5.43 Å². The van der Waals surface area contributed by atoms with Gasteiger partial charge < -0.3 is 5.32 Å². The van der Waals surface area contributed by atoms with Gasteiger partial charge in [-0.15, -0.1) is 0 Å². The molecule has 0 fully saturated rings. The highest BCUT2D eigenvalue weighted by Crippen LogP contribution is 2.07. The minimum Gasteiger partial charge on any atom is -0.376 e. The third-order valence-corrected chi connectivity index (χ3v) is 2.94. The molecule has 0 aliphatic rings. The first-order valence-electron chi connectivity index (χ1n) is 7.08. The van der Waals surface area contributed by atoms with Gasteiger partial charge in [0.05, 0.1) is 6.54 Å². The Labute approximate surface area is 130 Å². The fourth-order valence-corrected chi connectivity index (χ4v) is 1.76. The van der Waals surface area contributed by atoms with Crippen LogP contribution in [0.15, 0.2) is 65.8 Å². The molecule has 0 unspecified atom stereocenters. The zero-order chi connectivity index (χ0) is 15.6. The Morgan fingerprint density at radius 1 is 1.09 bits per heavy atom. The summed E-state index contributed by atoms with van der Waals surface area (Å²) in [7, 11) is 0. The number of amides is 1. The lowest BCUT2D eigenvalue weighted by Crippen LogP contribution is -2.25. The first-order chi connectivity index (χ1) is 10.7. The van der Waals surface area contributed by atoms with E-state index in [2.05, 4.69) is 15.8 Å². The summed E-state index contributed by atoms with van der Waals surface area (Å²) in [5.41, 5.74) is 5.65. The van der Waals surface area contributed by atoms with Crippen LogP contribution in [0.4, 0.5) is 5.69 Å². The van der Waals surface area contributed by atoms with Gasteiger partial charge in [-0.25, -0.2) is 5.43 Å². The van der Waals surface area contributed by atoms with Gasteiger partial charge in [0.2, 0.25) is 0 Å². The summed E-state index contributed by atoms with van der Waals surface area (Å²) in [6.07, 6.45) is 5.25. The van der Waals surface area contributed by atoms with E-state index in [9.17, 15) is 4.79 Å². The van der Waals surface area contributed by atoms with Crippen molar-refractivity contribution in [3.63, 3.8) is 0 Å². The van der Waals surface area contributed by atoms with Crippen molar-refractivity contribution in [2.75, 3.05) is 11.9 Å². The Morgan fingerprint density at radius 3 is 2.55 bits per heavy atom. The molecule has 2 aromatic rings. The predicted octanol–water partition coefficient (Wildman–Crippen LogP) is 3.22. The summed E-state index contributed by atoms with van der Waals surface area (Å²) in [5, 5.41) is 6.90. The summed E-state index contributed by atoms with van der Waals surface area (Å²) in [6, 6.07) is 17.8. The molecule has 0 spiro atoms. The number of rotatable bonds is 6. The van der Waals surface area contributed by atoms with Gasteiger partial charge in [0.15, 0.2) is 0 Å². The fourth-order valence-electron chi connectivity index (χ4n) is 1.76. The number of hydrazone groups is 1. The number of benzene rings is 2. The molecule has 0 radical (unpaired) electrons. The van der Waals surface area contributed by atoms with Crippen LogP contribution in [0.3, 0.4) is 0 Å². The number of nitrogens with zero attached hydrogens (tertiary/aromatic N) is 1. The Kier molecular flexibility index (Phi) is 5.93. The molecule has 0 atom stereocenters. The van der Waals surface area contributed by atoms with E-state index in [1.165, 1.54) is 5.56 Å². The molecule has 1 amide bonds. The van der Waals surface area contributed by atoms with Crippen LogP contribution in [0.2, 0.25) is 0 Å².